The molecular weight excluding hydrogens is 322 g/mol. The monoisotopic (exact) mass is 333 g/mol. The van der Waals surface area contributed by atoms with Crippen LogP contribution < -0.4 is 24.8 Å². The molecule has 0 aromatic carbocycles. The van der Waals surface area contributed by atoms with E-state index >= 15 is 0 Å². The fraction of sp³-hybridized carbons (Fsp3) is 0.333. The Bertz CT molecular complexity index is 330. The van der Waals surface area contributed by atoms with Crippen LogP contribution in [0.15, 0.2) is 41.0 Å². The second kappa shape index (κ2) is 9.42. The molecule has 0 spiro atoms. The SMILES string of the molecule is OCCC1=CC[C-]=C1C1=CC=CC1.[Cl-].[Cl-].[Zr+3]. The van der Waals surface area contributed by atoms with E-state index in [0.29, 0.717) is 0 Å². The molecule has 0 unspecified atom stereocenters. The van der Waals surface area contributed by atoms with Gasteiger partial charge in [-0.2, -0.15) is 17.2 Å². The van der Waals surface area contributed by atoms with Crippen LogP contribution in [-0.4, -0.2) is 11.7 Å². The first kappa shape index (κ1) is 18.7. The molecule has 2 aliphatic carbocycles. The van der Waals surface area contributed by atoms with E-state index < -0.39 is 0 Å². The van der Waals surface area contributed by atoms with Crippen molar-refractivity contribution in [2.45, 2.75) is 19.3 Å². The average molecular weight is 335 g/mol. The summed E-state index contributed by atoms with van der Waals surface area (Å²) in [5.74, 6) is 0. The Kier molecular flexibility index (Phi) is 11.0. The fourth-order valence-corrected chi connectivity index (χ4v) is 1.79. The van der Waals surface area contributed by atoms with Crippen LogP contribution in [0, 0.1) is 6.08 Å². The van der Waals surface area contributed by atoms with Crippen molar-refractivity contribution in [2.75, 3.05) is 6.61 Å². The van der Waals surface area contributed by atoms with Crippen LogP contribution in [0.4, 0.5) is 0 Å². The van der Waals surface area contributed by atoms with Crippen molar-refractivity contribution in [3.8, 4) is 0 Å². The minimum Gasteiger partial charge on any atom is -1.00 e. The zero-order valence-electron chi connectivity index (χ0n) is 8.84. The molecule has 0 saturated carbocycles. The molecule has 0 saturated heterocycles. The standard InChI is InChI=1S/C12H13O.2ClH.Zr/c13-9-8-11-6-3-7-12(11)10-4-1-2-5-10;;;/h1-2,4,6,13H,3,5,8-9H2;2*1H;/q-1;;;+3/p-2. The molecule has 0 aromatic rings. The van der Waals surface area contributed by atoms with Crippen molar-refractivity contribution in [3.63, 3.8) is 0 Å². The van der Waals surface area contributed by atoms with Crippen LogP contribution >= 0.6 is 0 Å². The molecule has 0 bridgehead atoms. The maximum absolute atomic E-state index is 8.87. The van der Waals surface area contributed by atoms with E-state index in [0.717, 1.165) is 19.3 Å². The van der Waals surface area contributed by atoms with Crippen LogP contribution in [-0.2, 0) is 26.2 Å². The molecule has 0 amide bonds. The van der Waals surface area contributed by atoms with E-state index in [2.05, 4.69) is 30.4 Å². The maximum atomic E-state index is 8.87. The smallest absolute Gasteiger partial charge is 1.00 e. The Morgan fingerprint density at radius 2 is 2.06 bits per heavy atom. The van der Waals surface area contributed by atoms with Gasteiger partial charge in [-0.1, -0.05) is 31.4 Å². The minimum absolute atomic E-state index is 0. The molecule has 0 atom stereocenters. The van der Waals surface area contributed by atoms with Gasteiger partial charge in [-0.3, -0.25) is 0 Å². The van der Waals surface area contributed by atoms with Gasteiger partial charge in [-0.25, -0.2) is 0 Å². The first-order chi connectivity index (χ1) is 6.42. The summed E-state index contributed by atoms with van der Waals surface area (Å²) in [6.45, 7) is 0.234. The Hall–Kier alpha value is 0.383. The number of allylic oxidation sites excluding steroid dienone is 7. The molecule has 85 valence electrons. The molecule has 2 rings (SSSR count). The predicted molar refractivity (Wildman–Crippen MR) is 53.0 cm³/mol. The van der Waals surface area contributed by atoms with E-state index in [1.165, 1.54) is 16.7 Å². The van der Waals surface area contributed by atoms with E-state index in [1.807, 2.05) is 0 Å². The van der Waals surface area contributed by atoms with Crippen LogP contribution in [0.2, 0.25) is 0 Å². The third-order valence-electron chi connectivity index (χ3n) is 2.42. The summed E-state index contributed by atoms with van der Waals surface area (Å²) in [7, 11) is 0. The van der Waals surface area contributed by atoms with Crippen LogP contribution in [0.3, 0.4) is 0 Å². The molecule has 0 heterocycles. The Labute approximate surface area is 128 Å². The Morgan fingerprint density at radius 3 is 2.62 bits per heavy atom. The maximum Gasteiger partial charge on any atom is 3.00 e. The number of aliphatic hydroxyl groups is 1. The first-order valence-corrected chi connectivity index (χ1v) is 4.69. The summed E-state index contributed by atoms with van der Waals surface area (Å²) in [5.41, 5.74) is 3.84. The van der Waals surface area contributed by atoms with Crippen molar-refractivity contribution in [2.24, 2.45) is 0 Å². The summed E-state index contributed by atoms with van der Waals surface area (Å²) in [6, 6.07) is 0. The van der Waals surface area contributed by atoms with Gasteiger partial charge in [0.05, 0.1) is 0 Å². The number of halogens is 2. The molecule has 0 aliphatic heterocycles. The van der Waals surface area contributed by atoms with E-state index in [9.17, 15) is 0 Å². The number of aliphatic hydroxyl groups excluding tert-OH is 1. The second-order valence-electron chi connectivity index (χ2n) is 3.28. The summed E-state index contributed by atoms with van der Waals surface area (Å²) in [4.78, 5) is 0. The second-order valence-corrected chi connectivity index (χ2v) is 3.28. The van der Waals surface area contributed by atoms with E-state index in [4.69, 9.17) is 5.11 Å². The molecule has 16 heavy (non-hydrogen) atoms. The number of rotatable bonds is 3. The van der Waals surface area contributed by atoms with Crippen molar-refractivity contribution in [3.05, 3.63) is 47.1 Å². The molecule has 0 aromatic heterocycles. The normalized spacial score (nSPS) is 16.4. The Morgan fingerprint density at radius 1 is 1.31 bits per heavy atom. The van der Waals surface area contributed by atoms with E-state index in [1.54, 1.807) is 0 Å². The van der Waals surface area contributed by atoms with Gasteiger partial charge < -0.3 is 29.9 Å². The van der Waals surface area contributed by atoms with Gasteiger partial charge in [0.25, 0.3) is 0 Å². The van der Waals surface area contributed by atoms with Crippen molar-refractivity contribution < 1.29 is 56.1 Å². The van der Waals surface area contributed by atoms with Gasteiger partial charge in [0.2, 0.25) is 0 Å². The van der Waals surface area contributed by atoms with Gasteiger partial charge in [-0.15, -0.1) is 17.7 Å². The summed E-state index contributed by atoms with van der Waals surface area (Å²) < 4.78 is 0. The molecule has 0 fully saturated rings. The zero-order chi connectivity index (χ0) is 9.10. The Balaban J connectivity index is 0. The molecular formula is C12H13Cl2OZr. The quantitative estimate of drug-likeness (QED) is 0.527. The van der Waals surface area contributed by atoms with Gasteiger partial charge in [0, 0.05) is 6.61 Å². The first-order valence-electron chi connectivity index (χ1n) is 4.69. The molecule has 2 aliphatic rings. The van der Waals surface area contributed by atoms with Crippen LogP contribution in [0.5, 0.6) is 0 Å². The third-order valence-corrected chi connectivity index (χ3v) is 2.42. The molecule has 1 nitrogen and oxygen atoms in total. The summed E-state index contributed by atoms with van der Waals surface area (Å²) >= 11 is 0. The minimum atomic E-state index is 0. The average Bonchev–Trinajstić information content (AvgIpc) is 2.71. The van der Waals surface area contributed by atoms with Crippen molar-refractivity contribution in [1.29, 1.82) is 0 Å². The topological polar surface area (TPSA) is 20.2 Å². The summed E-state index contributed by atoms with van der Waals surface area (Å²) in [5, 5.41) is 8.87. The number of hydrogen-bond acceptors (Lipinski definition) is 1. The molecule has 1 radical (unpaired) electrons. The van der Waals surface area contributed by atoms with Gasteiger partial charge in [-0.05, 0) is 0 Å². The molecule has 4 heteroatoms. The van der Waals surface area contributed by atoms with Gasteiger partial charge in [0.1, 0.15) is 0 Å². The third kappa shape index (κ3) is 4.33. The largest absolute Gasteiger partial charge is 3.00 e. The predicted octanol–water partition coefficient (Wildman–Crippen LogP) is -3.68. The van der Waals surface area contributed by atoms with E-state index in [-0.39, 0.29) is 57.6 Å². The van der Waals surface area contributed by atoms with Crippen LogP contribution in [0.1, 0.15) is 19.3 Å². The molecule has 1 N–H and O–H groups in total. The summed E-state index contributed by atoms with van der Waals surface area (Å²) in [6.07, 6.45) is 14.6. The van der Waals surface area contributed by atoms with Crippen LogP contribution in [0.25, 0.3) is 0 Å². The number of hydrogen-bond donors (Lipinski definition) is 1. The van der Waals surface area contributed by atoms with Crippen molar-refractivity contribution >= 4 is 0 Å². The van der Waals surface area contributed by atoms with Gasteiger partial charge in [0.15, 0.2) is 0 Å². The zero-order valence-corrected chi connectivity index (χ0v) is 12.8. The van der Waals surface area contributed by atoms with Crippen molar-refractivity contribution in [1.82, 2.24) is 0 Å². The van der Waals surface area contributed by atoms with Gasteiger partial charge >= 0.3 is 26.2 Å². The fourth-order valence-electron chi connectivity index (χ4n) is 1.79.